The predicted molar refractivity (Wildman–Crippen MR) is 131 cm³/mol. The molecule has 0 saturated heterocycles. The van der Waals surface area contributed by atoms with E-state index in [1.807, 2.05) is 30.3 Å². The number of aliphatic hydroxyl groups is 1. The largest absolute Gasteiger partial charge is 0.494 e. The first kappa shape index (κ1) is 27.2. The lowest BCUT2D eigenvalue weighted by atomic mass is 9.92. The van der Waals surface area contributed by atoms with E-state index in [1.54, 1.807) is 24.4 Å². The van der Waals surface area contributed by atoms with Gasteiger partial charge in [0.05, 0.1) is 32.0 Å². The number of unbranched alkanes of at least 4 members (excludes halogenated alkanes) is 3. The third-order valence-electron chi connectivity index (χ3n) is 6.10. The molecule has 1 heterocycles. The Labute approximate surface area is 204 Å². The molecule has 8 nitrogen and oxygen atoms in total. The number of phosphoric acid groups is 1. The van der Waals surface area contributed by atoms with Crippen molar-refractivity contribution in [2.75, 3.05) is 26.5 Å². The molecule has 0 saturated carbocycles. The standard InChI is InChI=1S/C25H33FNO7P/c26-15-5-1-2-6-16-33-22-11-9-20(10-12-22)13-14-25(18-28,19-34-35(30,31)32)27-17-21-7-3-4-8-23(21)24(27)29/h3-4,7-12,17,28-29H,1-2,5-6,13-16,18-19H2,(H2,30,31,32)/t25-/m1/s1. The Balaban J connectivity index is 1.72. The van der Waals surface area contributed by atoms with Crippen LogP contribution in [0, 0.1) is 0 Å². The van der Waals surface area contributed by atoms with Crippen molar-refractivity contribution in [3.8, 4) is 11.6 Å². The van der Waals surface area contributed by atoms with Crippen molar-refractivity contribution in [3.63, 3.8) is 0 Å². The number of aryl methyl sites for hydroxylation is 1. The fourth-order valence-corrected chi connectivity index (χ4v) is 4.45. The molecule has 0 aliphatic rings. The molecule has 2 aromatic carbocycles. The van der Waals surface area contributed by atoms with Gasteiger partial charge in [-0.25, -0.2) is 4.57 Å². The van der Waals surface area contributed by atoms with Gasteiger partial charge in [-0.2, -0.15) is 0 Å². The number of alkyl halides is 1. The highest BCUT2D eigenvalue weighted by Gasteiger charge is 2.36. The van der Waals surface area contributed by atoms with Crippen molar-refractivity contribution in [2.45, 2.75) is 44.1 Å². The van der Waals surface area contributed by atoms with Crippen molar-refractivity contribution in [2.24, 2.45) is 0 Å². The van der Waals surface area contributed by atoms with Gasteiger partial charge in [0.2, 0.25) is 0 Å². The Kier molecular flexibility index (Phi) is 9.71. The maximum atomic E-state index is 12.1. The van der Waals surface area contributed by atoms with Gasteiger partial charge in [0.1, 0.15) is 5.75 Å². The van der Waals surface area contributed by atoms with E-state index in [2.05, 4.69) is 0 Å². The number of aliphatic hydroxyl groups excluding tert-OH is 1. The van der Waals surface area contributed by atoms with Gasteiger partial charge in [0.15, 0.2) is 5.88 Å². The number of hydrogen-bond donors (Lipinski definition) is 4. The van der Waals surface area contributed by atoms with E-state index < -0.39 is 26.6 Å². The minimum absolute atomic E-state index is 0.112. The Bertz CT molecular complexity index is 1110. The minimum Gasteiger partial charge on any atom is -0.494 e. The van der Waals surface area contributed by atoms with Crippen molar-refractivity contribution < 1.29 is 38.2 Å². The fraction of sp³-hybridized carbons (Fsp3) is 0.440. The van der Waals surface area contributed by atoms with Crippen LogP contribution in [0.25, 0.3) is 10.8 Å². The van der Waals surface area contributed by atoms with Crippen LogP contribution in [0.1, 0.15) is 37.7 Å². The van der Waals surface area contributed by atoms with Gasteiger partial charge in [-0.05, 0) is 55.9 Å². The molecule has 3 aromatic rings. The second-order valence-electron chi connectivity index (χ2n) is 8.65. The third kappa shape index (κ3) is 7.53. The molecule has 0 radical (unpaired) electrons. The molecule has 0 bridgehead atoms. The summed E-state index contributed by atoms with van der Waals surface area (Å²) in [6, 6.07) is 14.6. The van der Waals surface area contributed by atoms with Crippen LogP contribution in [-0.4, -0.2) is 51.1 Å². The summed E-state index contributed by atoms with van der Waals surface area (Å²) in [5, 5.41) is 22.5. The fourth-order valence-electron chi connectivity index (χ4n) is 4.04. The summed E-state index contributed by atoms with van der Waals surface area (Å²) >= 11 is 0. The summed E-state index contributed by atoms with van der Waals surface area (Å²) in [6.07, 6.45) is 5.55. The Morgan fingerprint density at radius 2 is 1.71 bits per heavy atom. The highest BCUT2D eigenvalue weighted by Crippen LogP contribution is 2.41. The monoisotopic (exact) mass is 509 g/mol. The number of nitrogens with zero attached hydrogens (tertiary/aromatic N) is 1. The van der Waals surface area contributed by atoms with Crippen molar-refractivity contribution in [3.05, 3.63) is 60.3 Å². The van der Waals surface area contributed by atoms with E-state index in [4.69, 9.17) is 9.26 Å². The van der Waals surface area contributed by atoms with Crippen LogP contribution in [0.2, 0.25) is 0 Å². The third-order valence-corrected chi connectivity index (χ3v) is 6.57. The molecule has 0 unspecified atom stereocenters. The summed E-state index contributed by atoms with van der Waals surface area (Å²) < 4.78 is 35.5. The van der Waals surface area contributed by atoms with E-state index in [1.165, 1.54) is 4.57 Å². The lowest BCUT2D eigenvalue weighted by molar-refractivity contribution is 0.0470. The van der Waals surface area contributed by atoms with Gasteiger partial charge in [-0.3, -0.25) is 8.91 Å². The van der Waals surface area contributed by atoms with E-state index in [-0.39, 0.29) is 19.0 Å². The van der Waals surface area contributed by atoms with Crippen molar-refractivity contribution >= 4 is 18.6 Å². The van der Waals surface area contributed by atoms with Crippen LogP contribution >= 0.6 is 7.82 Å². The molecule has 4 N–H and O–H groups in total. The van der Waals surface area contributed by atoms with Gasteiger partial charge in [-0.15, -0.1) is 0 Å². The van der Waals surface area contributed by atoms with Gasteiger partial charge in [-0.1, -0.05) is 36.8 Å². The van der Waals surface area contributed by atoms with Gasteiger partial charge in [0.25, 0.3) is 0 Å². The minimum atomic E-state index is -4.81. The first-order chi connectivity index (χ1) is 16.8. The number of halogens is 1. The Hall–Kier alpha value is -2.42. The number of fused-ring (bicyclic) bond motifs is 1. The average Bonchev–Trinajstić information content (AvgIpc) is 3.19. The molecule has 192 valence electrons. The first-order valence-corrected chi connectivity index (χ1v) is 13.2. The molecule has 0 amide bonds. The number of ether oxygens (including phenoxy) is 1. The second kappa shape index (κ2) is 12.5. The zero-order chi connectivity index (χ0) is 25.3. The van der Waals surface area contributed by atoms with Crippen LogP contribution in [0.3, 0.4) is 0 Å². The summed E-state index contributed by atoms with van der Waals surface area (Å²) in [5.74, 6) is 0.603. The number of hydrogen-bond acceptors (Lipinski definition) is 5. The highest BCUT2D eigenvalue weighted by atomic mass is 31.2. The van der Waals surface area contributed by atoms with Crippen LogP contribution < -0.4 is 4.74 Å². The topological polar surface area (TPSA) is 121 Å². The van der Waals surface area contributed by atoms with Crippen LogP contribution in [0.4, 0.5) is 4.39 Å². The molecule has 3 rings (SSSR count). The van der Waals surface area contributed by atoms with Crippen molar-refractivity contribution in [1.82, 2.24) is 4.57 Å². The molecule has 0 aliphatic carbocycles. The van der Waals surface area contributed by atoms with E-state index >= 15 is 0 Å². The molecule has 0 fully saturated rings. The van der Waals surface area contributed by atoms with Gasteiger partial charge in [0, 0.05) is 17.0 Å². The first-order valence-electron chi connectivity index (χ1n) is 11.7. The highest BCUT2D eigenvalue weighted by molar-refractivity contribution is 7.46. The summed E-state index contributed by atoms with van der Waals surface area (Å²) in [7, 11) is -4.81. The number of phosphoric ester groups is 1. The molecular formula is C25H33FNO7P. The molecule has 1 aromatic heterocycles. The lowest BCUT2D eigenvalue weighted by Crippen LogP contribution is -2.42. The SMILES string of the molecule is O=P(O)(O)OC[C@](CO)(CCc1ccc(OCCCCCCF)cc1)n1cc2ccccc2c1O. The normalized spacial score (nSPS) is 13.7. The molecule has 35 heavy (non-hydrogen) atoms. The number of aromatic hydroxyl groups is 1. The smallest absolute Gasteiger partial charge is 0.469 e. The second-order valence-corrected chi connectivity index (χ2v) is 9.89. The maximum Gasteiger partial charge on any atom is 0.469 e. The van der Waals surface area contributed by atoms with Crippen LogP contribution in [-0.2, 0) is 21.0 Å². The quantitative estimate of drug-likeness (QED) is 0.173. The van der Waals surface area contributed by atoms with E-state index in [9.17, 15) is 29.0 Å². The predicted octanol–water partition coefficient (Wildman–Crippen LogP) is 4.69. The Morgan fingerprint density at radius 1 is 1.00 bits per heavy atom. The Morgan fingerprint density at radius 3 is 2.37 bits per heavy atom. The molecular weight excluding hydrogens is 476 g/mol. The van der Waals surface area contributed by atoms with Gasteiger partial charge < -0.3 is 29.3 Å². The van der Waals surface area contributed by atoms with E-state index in [0.717, 1.165) is 30.2 Å². The van der Waals surface area contributed by atoms with Crippen LogP contribution in [0.5, 0.6) is 11.6 Å². The summed E-state index contributed by atoms with van der Waals surface area (Å²) in [6.45, 7) is -0.734. The number of aromatic nitrogens is 1. The maximum absolute atomic E-state index is 12.1. The zero-order valence-corrected chi connectivity index (χ0v) is 20.4. The lowest BCUT2D eigenvalue weighted by Gasteiger charge is -2.34. The van der Waals surface area contributed by atoms with Crippen LogP contribution in [0.15, 0.2) is 54.7 Å². The summed E-state index contributed by atoms with van der Waals surface area (Å²) in [5.41, 5.74) is -0.385. The van der Waals surface area contributed by atoms with Gasteiger partial charge >= 0.3 is 7.82 Å². The molecule has 10 heteroatoms. The molecule has 0 spiro atoms. The van der Waals surface area contributed by atoms with E-state index in [0.29, 0.717) is 30.6 Å². The number of benzene rings is 2. The zero-order valence-electron chi connectivity index (χ0n) is 19.6. The summed E-state index contributed by atoms with van der Waals surface area (Å²) in [4.78, 5) is 18.6. The average molecular weight is 510 g/mol. The number of rotatable bonds is 15. The van der Waals surface area contributed by atoms with Crippen molar-refractivity contribution in [1.29, 1.82) is 0 Å². The molecule has 0 aliphatic heterocycles. The molecule has 1 atom stereocenters.